The van der Waals surface area contributed by atoms with E-state index in [2.05, 4.69) is 17.9 Å². The van der Waals surface area contributed by atoms with Crippen molar-refractivity contribution in [3.05, 3.63) is 29.3 Å². The highest BCUT2D eigenvalue weighted by Crippen LogP contribution is 2.31. The van der Waals surface area contributed by atoms with Crippen LogP contribution >= 0.6 is 11.6 Å². The van der Waals surface area contributed by atoms with Crippen LogP contribution in [0, 0.1) is 6.92 Å². The fourth-order valence-corrected chi connectivity index (χ4v) is 2.07. The third-order valence-corrected chi connectivity index (χ3v) is 2.70. The Morgan fingerprint density at radius 3 is 2.62 bits per heavy atom. The lowest BCUT2D eigenvalue weighted by molar-refractivity contribution is 0.332. The molecule has 0 saturated carbocycles. The first kappa shape index (κ1) is 13.3. The Bertz CT molecular complexity index is 339. The zero-order valence-electron chi connectivity index (χ0n) is 10.5. The Hall–Kier alpha value is -0.730. The van der Waals surface area contributed by atoms with Gasteiger partial charge in [-0.1, -0.05) is 17.7 Å². The Morgan fingerprint density at radius 1 is 1.38 bits per heavy atom. The van der Waals surface area contributed by atoms with Gasteiger partial charge in [-0.25, -0.2) is 0 Å². The lowest BCUT2D eigenvalue weighted by Gasteiger charge is -2.19. The summed E-state index contributed by atoms with van der Waals surface area (Å²) in [6.45, 7) is 5.53. The van der Waals surface area contributed by atoms with Gasteiger partial charge in [-0.2, -0.15) is 0 Å². The predicted octanol–water partition coefficient (Wildman–Crippen LogP) is 3.24. The van der Waals surface area contributed by atoms with Crippen molar-refractivity contribution in [2.45, 2.75) is 19.2 Å². The molecule has 0 amide bonds. The van der Waals surface area contributed by atoms with Crippen LogP contribution in [0.25, 0.3) is 0 Å². The van der Waals surface area contributed by atoms with E-state index < -0.39 is 0 Å². The van der Waals surface area contributed by atoms with Gasteiger partial charge in [0.1, 0.15) is 5.75 Å². The summed E-state index contributed by atoms with van der Waals surface area (Å²) in [5.74, 6) is 0.898. The van der Waals surface area contributed by atoms with Crippen LogP contribution in [-0.2, 0) is 0 Å². The molecule has 0 aromatic heterocycles. The van der Waals surface area contributed by atoms with Gasteiger partial charge in [0.05, 0.1) is 12.0 Å². The van der Waals surface area contributed by atoms with E-state index in [0.29, 0.717) is 6.61 Å². The second-order valence-electron chi connectivity index (χ2n) is 4.20. The minimum atomic E-state index is -0.0311. The summed E-state index contributed by atoms with van der Waals surface area (Å²) >= 11 is 6.39. The maximum Gasteiger partial charge on any atom is 0.124 e. The number of likely N-dealkylation sites (N-methyl/N-ethyl adjacent to an activating group) is 1. The molecule has 0 N–H and O–H groups in total. The molecule has 2 nitrogen and oxygen atoms in total. The highest BCUT2D eigenvalue weighted by atomic mass is 35.5. The van der Waals surface area contributed by atoms with Gasteiger partial charge in [0.25, 0.3) is 0 Å². The first-order valence-corrected chi connectivity index (χ1v) is 6.00. The molecule has 0 spiro atoms. The van der Waals surface area contributed by atoms with E-state index in [9.17, 15) is 0 Å². The van der Waals surface area contributed by atoms with Crippen molar-refractivity contribution in [2.75, 3.05) is 27.2 Å². The molecule has 90 valence electrons. The molecule has 0 fully saturated rings. The Kier molecular flexibility index (Phi) is 5.10. The van der Waals surface area contributed by atoms with Crippen LogP contribution in [0.1, 0.15) is 23.4 Å². The maximum absolute atomic E-state index is 6.39. The summed E-state index contributed by atoms with van der Waals surface area (Å²) in [7, 11) is 4.04. The van der Waals surface area contributed by atoms with Crippen LogP contribution in [0.5, 0.6) is 5.75 Å². The second kappa shape index (κ2) is 6.12. The summed E-state index contributed by atoms with van der Waals surface area (Å²) in [5, 5.41) is -0.0311. The summed E-state index contributed by atoms with van der Waals surface area (Å²) in [6.07, 6.45) is 0. The van der Waals surface area contributed by atoms with Gasteiger partial charge < -0.3 is 9.64 Å². The van der Waals surface area contributed by atoms with Crippen LogP contribution in [0.2, 0.25) is 0 Å². The SMILES string of the molecule is CCOc1ccc(C)cc1C(Cl)CN(C)C. The first-order chi connectivity index (χ1) is 7.54. The fourth-order valence-electron chi connectivity index (χ4n) is 1.62. The number of ether oxygens (including phenoxy) is 1. The smallest absolute Gasteiger partial charge is 0.124 e. The van der Waals surface area contributed by atoms with Gasteiger partial charge in [0.15, 0.2) is 0 Å². The highest BCUT2D eigenvalue weighted by Gasteiger charge is 2.14. The molecule has 0 aliphatic rings. The van der Waals surface area contributed by atoms with Crippen molar-refractivity contribution in [1.29, 1.82) is 0 Å². The number of halogens is 1. The minimum Gasteiger partial charge on any atom is -0.494 e. The van der Waals surface area contributed by atoms with Gasteiger partial charge in [-0.3, -0.25) is 0 Å². The predicted molar refractivity (Wildman–Crippen MR) is 69.5 cm³/mol. The molecule has 1 unspecified atom stereocenters. The molecule has 1 rings (SSSR count). The zero-order chi connectivity index (χ0) is 12.1. The molecule has 0 heterocycles. The lowest BCUT2D eigenvalue weighted by Crippen LogP contribution is -2.17. The van der Waals surface area contributed by atoms with Gasteiger partial charge in [0.2, 0.25) is 0 Å². The van der Waals surface area contributed by atoms with Crippen molar-refractivity contribution in [3.8, 4) is 5.75 Å². The number of alkyl halides is 1. The number of rotatable bonds is 5. The standard InChI is InChI=1S/C13H20ClNO/c1-5-16-13-7-6-10(2)8-11(13)12(14)9-15(3)4/h6-8,12H,5,9H2,1-4H3. The lowest BCUT2D eigenvalue weighted by atomic mass is 10.1. The van der Waals surface area contributed by atoms with Crippen LogP contribution in [0.15, 0.2) is 18.2 Å². The molecular formula is C13H20ClNO. The Balaban J connectivity index is 2.94. The van der Waals surface area contributed by atoms with Crippen LogP contribution in [0.4, 0.5) is 0 Å². The molecule has 0 saturated heterocycles. The molecule has 0 aliphatic carbocycles. The van der Waals surface area contributed by atoms with E-state index in [1.165, 1.54) is 5.56 Å². The number of nitrogens with zero attached hydrogens (tertiary/aromatic N) is 1. The number of hydrogen-bond donors (Lipinski definition) is 0. The molecule has 0 bridgehead atoms. The van der Waals surface area contributed by atoms with E-state index >= 15 is 0 Å². The number of benzene rings is 1. The average molecular weight is 242 g/mol. The molecule has 1 aromatic carbocycles. The fraction of sp³-hybridized carbons (Fsp3) is 0.538. The largest absolute Gasteiger partial charge is 0.494 e. The van der Waals surface area contributed by atoms with Crippen LogP contribution in [-0.4, -0.2) is 32.1 Å². The van der Waals surface area contributed by atoms with E-state index in [1.807, 2.05) is 33.2 Å². The van der Waals surface area contributed by atoms with Gasteiger partial charge in [-0.05, 0) is 34.0 Å². The van der Waals surface area contributed by atoms with Crippen molar-refractivity contribution >= 4 is 11.6 Å². The zero-order valence-corrected chi connectivity index (χ0v) is 11.2. The topological polar surface area (TPSA) is 12.5 Å². The van der Waals surface area contributed by atoms with Gasteiger partial charge >= 0.3 is 0 Å². The Morgan fingerprint density at radius 2 is 2.06 bits per heavy atom. The third-order valence-electron chi connectivity index (χ3n) is 2.33. The molecule has 1 aromatic rings. The van der Waals surface area contributed by atoms with Crippen molar-refractivity contribution < 1.29 is 4.74 Å². The average Bonchev–Trinajstić information content (AvgIpc) is 2.20. The molecule has 0 aliphatic heterocycles. The highest BCUT2D eigenvalue weighted by molar-refractivity contribution is 6.21. The van der Waals surface area contributed by atoms with Gasteiger partial charge in [0, 0.05) is 12.1 Å². The van der Waals surface area contributed by atoms with Crippen molar-refractivity contribution in [1.82, 2.24) is 4.90 Å². The number of hydrogen-bond acceptors (Lipinski definition) is 2. The molecule has 3 heteroatoms. The summed E-state index contributed by atoms with van der Waals surface area (Å²) < 4.78 is 5.59. The van der Waals surface area contributed by atoms with Crippen LogP contribution in [0.3, 0.4) is 0 Å². The van der Waals surface area contributed by atoms with Crippen molar-refractivity contribution in [3.63, 3.8) is 0 Å². The monoisotopic (exact) mass is 241 g/mol. The van der Waals surface area contributed by atoms with Crippen molar-refractivity contribution in [2.24, 2.45) is 0 Å². The van der Waals surface area contributed by atoms with Gasteiger partial charge in [-0.15, -0.1) is 11.6 Å². The van der Waals surface area contributed by atoms with Crippen LogP contribution < -0.4 is 4.74 Å². The minimum absolute atomic E-state index is 0.0311. The molecule has 1 atom stereocenters. The molecule has 16 heavy (non-hydrogen) atoms. The number of aryl methyl sites for hydroxylation is 1. The quantitative estimate of drug-likeness (QED) is 0.734. The molecule has 0 radical (unpaired) electrons. The Labute approximate surface area is 103 Å². The third kappa shape index (κ3) is 3.69. The van der Waals surface area contributed by atoms with E-state index in [4.69, 9.17) is 16.3 Å². The summed E-state index contributed by atoms with van der Waals surface area (Å²) in [5.41, 5.74) is 2.29. The summed E-state index contributed by atoms with van der Waals surface area (Å²) in [4.78, 5) is 2.08. The first-order valence-electron chi connectivity index (χ1n) is 5.56. The molecular weight excluding hydrogens is 222 g/mol. The summed E-state index contributed by atoms with van der Waals surface area (Å²) in [6, 6.07) is 6.15. The van der Waals surface area contributed by atoms with E-state index in [1.54, 1.807) is 0 Å². The van der Waals surface area contributed by atoms with E-state index in [0.717, 1.165) is 17.9 Å². The normalized spacial score (nSPS) is 12.9. The van der Waals surface area contributed by atoms with E-state index in [-0.39, 0.29) is 5.38 Å². The maximum atomic E-state index is 6.39. The second-order valence-corrected chi connectivity index (χ2v) is 4.73.